The van der Waals surface area contributed by atoms with Crippen molar-refractivity contribution in [3.05, 3.63) is 113 Å². The van der Waals surface area contributed by atoms with Crippen LogP contribution in [0.4, 0.5) is 0 Å². The van der Waals surface area contributed by atoms with E-state index in [0.29, 0.717) is 13.1 Å². The van der Waals surface area contributed by atoms with Gasteiger partial charge in [-0.3, -0.25) is 4.79 Å². The Bertz CT molecular complexity index is 935. The zero-order chi connectivity index (χ0) is 20.7. The lowest BCUT2D eigenvalue weighted by atomic mass is 9.87. The number of benzene rings is 3. The zero-order valence-corrected chi connectivity index (χ0v) is 17.5. The summed E-state index contributed by atoms with van der Waals surface area (Å²) in [6.45, 7) is 7.79. The van der Waals surface area contributed by atoms with E-state index in [2.05, 4.69) is 57.2 Å². The monoisotopic (exact) mass is 383 g/mol. The van der Waals surface area contributed by atoms with Gasteiger partial charge in [0.05, 0.1) is 0 Å². The van der Waals surface area contributed by atoms with Crippen molar-refractivity contribution >= 4 is 12.0 Å². The predicted molar refractivity (Wildman–Crippen MR) is 121 cm³/mol. The van der Waals surface area contributed by atoms with Gasteiger partial charge in [0.15, 0.2) is 0 Å². The molecule has 0 atom stereocenters. The maximum Gasteiger partial charge on any atom is 0.247 e. The summed E-state index contributed by atoms with van der Waals surface area (Å²) in [6, 6.07) is 28.6. The van der Waals surface area contributed by atoms with Crippen molar-refractivity contribution in [3.8, 4) is 0 Å². The Morgan fingerprint density at radius 2 is 1.28 bits per heavy atom. The van der Waals surface area contributed by atoms with Gasteiger partial charge in [-0.2, -0.15) is 0 Å². The topological polar surface area (TPSA) is 20.3 Å². The van der Waals surface area contributed by atoms with Crippen LogP contribution in [0.2, 0.25) is 0 Å². The third-order valence-corrected chi connectivity index (χ3v) is 4.94. The quantitative estimate of drug-likeness (QED) is 0.462. The first-order chi connectivity index (χ1) is 13.9. The van der Waals surface area contributed by atoms with E-state index in [0.717, 1.165) is 16.7 Å². The summed E-state index contributed by atoms with van der Waals surface area (Å²) in [6.07, 6.45) is 3.55. The van der Waals surface area contributed by atoms with Crippen molar-refractivity contribution in [1.29, 1.82) is 0 Å². The first-order valence-corrected chi connectivity index (χ1v) is 10.1. The molecule has 0 aromatic heterocycles. The first-order valence-electron chi connectivity index (χ1n) is 10.1. The van der Waals surface area contributed by atoms with Gasteiger partial charge in [-0.05, 0) is 33.7 Å². The Labute approximate surface area is 174 Å². The number of amides is 1. The second-order valence-corrected chi connectivity index (χ2v) is 8.37. The van der Waals surface area contributed by atoms with Crippen LogP contribution in [0.15, 0.2) is 91.0 Å². The molecular formula is C27H29NO. The van der Waals surface area contributed by atoms with Gasteiger partial charge in [0.2, 0.25) is 5.91 Å². The van der Waals surface area contributed by atoms with Crippen molar-refractivity contribution in [2.24, 2.45) is 0 Å². The molecule has 0 aliphatic carbocycles. The fourth-order valence-corrected chi connectivity index (χ4v) is 3.18. The van der Waals surface area contributed by atoms with E-state index in [4.69, 9.17) is 0 Å². The first kappa shape index (κ1) is 20.6. The zero-order valence-electron chi connectivity index (χ0n) is 17.5. The Morgan fingerprint density at radius 3 is 1.83 bits per heavy atom. The van der Waals surface area contributed by atoms with Gasteiger partial charge in [0.1, 0.15) is 0 Å². The van der Waals surface area contributed by atoms with Crippen LogP contribution in [0.5, 0.6) is 0 Å². The minimum Gasteiger partial charge on any atom is -0.331 e. The second-order valence-electron chi connectivity index (χ2n) is 8.37. The van der Waals surface area contributed by atoms with Crippen LogP contribution in [0.3, 0.4) is 0 Å². The Kier molecular flexibility index (Phi) is 6.66. The highest BCUT2D eigenvalue weighted by Crippen LogP contribution is 2.23. The predicted octanol–water partition coefficient (Wildman–Crippen LogP) is 6.23. The molecule has 0 bridgehead atoms. The molecule has 0 saturated heterocycles. The van der Waals surface area contributed by atoms with Gasteiger partial charge in [-0.25, -0.2) is 0 Å². The molecule has 0 saturated carbocycles. The molecule has 0 spiro atoms. The molecule has 0 radical (unpaired) electrons. The molecule has 0 N–H and O–H groups in total. The van der Waals surface area contributed by atoms with Crippen LogP contribution in [-0.2, 0) is 23.3 Å². The van der Waals surface area contributed by atoms with Crippen LogP contribution in [0.1, 0.15) is 43.0 Å². The molecule has 0 aliphatic heterocycles. The van der Waals surface area contributed by atoms with E-state index < -0.39 is 0 Å². The fraction of sp³-hybridized carbons (Fsp3) is 0.222. The maximum absolute atomic E-state index is 13.0. The lowest BCUT2D eigenvalue weighted by molar-refractivity contribution is -0.127. The summed E-state index contributed by atoms with van der Waals surface area (Å²) in [5.74, 6) is 0.0117. The molecular weight excluding hydrogens is 354 g/mol. The average molecular weight is 384 g/mol. The average Bonchev–Trinajstić information content (AvgIpc) is 2.73. The SMILES string of the molecule is CC(C)(C)c1ccc(CN(Cc2ccccc2)C(=O)/C=C/c2ccccc2)cc1. The molecule has 0 fully saturated rings. The summed E-state index contributed by atoms with van der Waals surface area (Å²) in [5.41, 5.74) is 4.70. The smallest absolute Gasteiger partial charge is 0.247 e. The summed E-state index contributed by atoms with van der Waals surface area (Å²) in [4.78, 5) is 14.9. The van der Waals surface area contributed by atoms with Crippen LogP contribution < -0.4 is 0 Å². The minimum absolute atomic E-state index is 0.0117. The highest BCUT2D eigenvalue weighted by molar-refractivity contribution is 5.91. The third kappa shape index (κ3) is 6.18. The van der Waals surface area contributed by atoms with Crippen LogP contribution in [0, 0.1) is 0 Å². The minimum atomic E-state index is 0.0117. The van der Waals surface area contributed by atoms with Crippen LogP contribution >= 0.6 is 0 Å². The summed E-state index contributed by atoms with van der Waals surface area (Å²) >= 11 is 0. The Balaban J connectivity index is 1.79. The highest BCUT2D eigenvalue weighted by atomic mass is 16.2. The van der Waals surface area contributed by atoms with Crippen molar-refractivity contribution < 1.29 is 4.79 Å². The number of hydrogen-bond acceptors (Lipinski definition) is 1. The molecule has 0 aliphatic rings. The van der Waals surface area contributed by atoms with Crippen molar-refractivity contribution in [2.75, 3.05) is 0 Å². The van der Waals surface area contributed by atoms with Crippen LogP contribution in [-0.4, -0.2) is 10.8 Å². The second kappa shape index (κ2) is 9.38. The Hall–Kier alpha value is -3.13. The molecule has 3 rings (SSSR count). The van der Waals surface area contributed by atoms with Gasteiger partial charge in [-0.1, -0.05) is 106 Å². The lowest BCUT2D eigenvalue weighted by Crippen LogP contribution is -2.28. The number of nitrogens with zero attached hydrogens (tertiary/aromatic N) is 1. The largest absolute Gasteiger partial charge is 0.331 e. The Morgan fingerprint density at radius 1 is 0.759 bits per heavy atom. The summed E-state index contributed by atoms with van der Waals surface area (Å²) in [5, 5.41) is 0. The molecule has 148 valence electrons. The third-order valence-electron chi connectivity index (χ3n) is 4.94. The molecule has 2 nitrogen and oxygen atoms in total. The van der Waals surface area contributed by atoms with Crippen molar-refractivity contribution in [2.45, 2.75) is 39.3 Å². The molecule has 3 aromatic carbocycles. The molecule has 29 heavy (non-hydrogen) atoms. The van der Waals surface area contributed by atoms with E-state index in [1.807, 2.05) is 59.5 Å². The van der Waals surface area contributed by atoms with E-state index in [1.54, 1.807) is 6.08 Å². The number of rotatable bonds is 6. The summed E-state index contributed by atoms with van der Waals surface area (Å²) < 4.78 is 0. The summed E-state index contributed by atoms with van der Waals surface area (Å²) in [7, 11) is 0. The molecule has 0 heterocycles. The standard InChI is InChI=1S/C27H29NO/c1-27(2,3)25-17-14-24(15-18-25)21-28(20-23-12-8-5-9-13-23)26(29)19-16-22-10-6-4-7-11-22/h4-19H,20-21H2,1-3H3/b19-16+. The lowest BCUT2D eigenvalue weighted by Gasteiger charge is -2.23. The van der Waals surface area contributed by atoms with E-state index in [-0.39, 0.29) is 11.3 Å². The molecule has 2 heteroatoms. The number of hydrogen-bond donors (Lipinski definition) is 0. The fourth-order valence-electron chi connectivity index (χ4n) is 3.18. The maximum atomic E-state index is 13.0. The van der Waals surface area contributed by atoms with Gasteiger partial charge >= 0.3 is 0 Å². The van der Waals surface area contributed by atoms with Gasteiger partial charge < -0.3 is 4.90 Å². The highest BCUT2D eigenvalue weighted by Gasteiger charge is 2.15. The molecule has 1 amide bonds. The van der Waals surface area contributed by atoms with Crippen molar-refractivity contribution in [1.82, 2.24) is 4.90 Å². The van der Waals surface area contributed by atoms with E-state index in [1.165, 1.54) is 5.56 Å². The number of carbonyl (C=O) groups excluding carboxylic acids is 1. The van der Waals surface area contributed by atoms with E-state index in [9.17, 15) is 4.79 Å². The van der Waals surface area contributed by atoms with Crippen LogP contribution in [0.25, 0.3) is 6.08 Å². The molecule has 0 unspecified atom stereocenters. The normalized spacial score (nSPS) is 11.6. The van der Waals surface area contributed by atoms with Crippen molar-refractivity contribution in [3.63, 3.8) is 0 Å². The van der Waals surface area contributed by atoms with Gasteiger partial charge in [0, 0.05) is 19.2 Å². The molecule has 3 aromatic rings. The van der Waals surface area contributed by atoms with Gasteiger partial charge in [0.25, 0.3) is 0 Å². The number of carbonyl (C=O) groups is 1. The van der Waals surface area contributed by atoms with E-state index >= 15 is 0 Å². The van der Waals surface area contributed by atoms with Gasteiger partial charge in [-0.15, -0.1) is 0 Å².